The van der Waals surface area contributed by atoms with E-state index in [0.29, 0.717) is 12.6 Å². The Morgan fingerprint density at radius 2 is 2.00 bits per heavy atom. The van der Waals surface area contributed by atoms with Gasteiger partial charge < -0.3 is 9.84 Å². The first kappa shape index (κ1) is 12.8. The molecule has 1 aliphatic carbocycles. The summed E-state index contributed by atoms with van der Waals surface area (Å²) in [5, 5.41) is 9.87. The zero-order chi connectivity index (χ0) is 12.3. The Bertz CT molecular complexity index is 261. The third kappa shape index (κ3) is 2.99. The number of aliphatic hydroxyl groups is 1. The van der Waals surface area contributed by atoms with Crippen molar-refractivity contribution in [3.63, 3.8) is 0 Å². The van der Waals surface area contributed by atoms with Crippen LogP contribution >= 0.6 is 0 Å². The van der Waals surface area contributed by atoms with E-state index in [1.54, 1.807) is 0 Å². The van der Waals surface area contributed by atoms with Crippen LogP contribution in [0, 0.1) is 5.92 Å². The van der Waals surface area contributed by atoms with E-state index in [1.165, 1.54) is 0 Å². The predicted octanol–water partition coefficient (Wildman–Crippen LogP) is 1.17. The lowest BCUT2D eigenvalue weighted by molar-refractivity contribution is -0.150. The summed E-state index contributed by atoms with van der Waals surface area (Å²) in [6.07, 6.45) is 4.76. The Morgan fingerprint density at radius 1 is 1.29 bits per heavy atom. The lowest BCUT2D eigenvalue weighted by Crippen LogP contribution is -2.46. The smallest absolute Gasteiger partial charge is 0.309 e. The molecular weight excluding hydrogens is 218 g/mol. The van der Waals surface area contributed by atoms with Crippen LogP contribution in [0.3, 0.4) is 0 Å². The summed E-state index contributed by atoms with van der Waals surface area (Å²) in [5.74, 6) is 0.0314. The SMILES string of the molecule is CCOC(=O)C1CCN(C2CCCC2O)CC1. The maximum absolute atomic E-state index is 11.6. The zero-order valence-electron chi connectivity index (χ0n) is 10.6. The minimum Gasteiger partial charge on any atom is -0.466 e. The Balaban J connectivity index is 1.79. The second-order valence-corrected chi connectivity index (χ2v) is 5.13. The maximum atomic E-state index is 11.6. The molecule has 1 saturated heterocycles. The van der Waals surface area contributed by atoms with E-state index in [9.17, 15) is 9.90 Å². The fourth-order valence-electron chi connectivity index (χ4n) is 3.07. The monoisotopic (exact) mass is 241 g/mol. The van der Waals surface area contributed by atoms with E-state index in [2.05, 4.69) is 4.90 Å². The fraction of sp³-hybridized carbons (Fsp3) is 0.923. The number of nitrogens with zero attached hydrogens (tertiary/aromatic N) is 1. The molecule has 98 valence electrons. The summed E-state index contributed by atoms with van der Waals surface area (Å²) < 4.78 is 5.06. The topological polar surface area (TPSA) is 49.8 Å². The van der Waals surface area contributed by atoms with Gasteiger partial charge in [0.05, 0.1) is 18.6 Å². The molecule has 1 heterocycles. The molecule has 0 aromatic rings. The van der Waals surface area contributed by atoms with Crippen molar-refractivity contribution in [3.05, 3.63) is 0 Å². The van der Waals surface area contributed by atoms with E-state index in [0.717, 1.165) is 45.2 Å². The number of aliphatic hydroxyl groups excluding tert-OH is 1. The van der Waals surface area contributed by atoms with Gasteiger partial charge >= 0.3 is 5.97 Å². The van der Waals surface area contributed by atoms with E-state index >= 15 is 0 Å². The molecule has 1 aliphatic heterocycles. The number of hydrogen-bond acceptors (Lipinski definition) is 4. The van der Waals surface area contributed by atoms with Gasteiger partial charge in [0.25, 0.3) is 0 Å². The summed E-state index contributed by atoms with van der Waals surface area (Å²) in [7, 11) is 0. The average Bonchev–Trinajstić information content (AvgIpc) is 2.76. The molecule has 2 aliphatic rings. The largest absolute Gasteiger partial charge is 0.466 e. The number of likely N-dealkylation sites (tertiary alicyclic amines) is 1. The third-order valence-corrected chi connectivity index (χ3v) is 4.06. The van der Waals surface area contributed by atoms with Crippen molar-refractivity contribution in [2.24, 2.45) is 5.92 Å². The Morgan fingerprint density at radius 3 is 2.53 bits per heavy atom. The fourth-order valence-corrected chi connectivity index (χ4v) is 3.07. The van der Waals surface area contributed by atoms with Gasteiger partial charge in [0.2, 0.25) is 0 Å². The number of piperidine rings is 1. The number of esters is 1. The van der Waals surface area contributed by atoms with Crippen molar-refractivity contribution in [2.45, 2.75) is 51.2 Å². The minimum atomic E-state index is -0.158. The molecular formula is C13H23NO3. The highest BCUT2D eigenvalue weighted by Gasteiger charge is 2.34. The molecule has 2 unspecified atom stereocenters. The van der Waals surface area contributed by atoms with Crippen LogP contribution in [-0.2, 0) is 9.53 Å². The zero-order valence-corrected chi connectivity index (χ0v) is 10.6. The molecule has 0 spiro atoms. The van der Waals surface area contributed by atoms with Gasteiger partial charge in [0, 0.05) is 6.04 Å². The summed E-state index contributed by atoms with van der Waals surface area (Å²) >= 11 is 0. The molecule has 0 radical (unpaired) electrons. The molecule has 2 rings (SSSR count). The van der Waals surface area contributed by atoms with Gasteiger partial charge in [-0.1, -0.05) is 0 Å². The number of carbonyl (C=O) groups excluding carboxylic acids is 1. The molecule has 2 atom stereocenters. The number of ether oxygens (including phenoxy) is 1. The standard InChI is InChI=1S/C13H23NO3/c1-2-17-13(16)10-6-8-14(9-7-10)11-4-3-5-12(11)15/h10-12,15H,2-9H2,1H3. The van der Waals surface area contributed by atoms with Crippen LogP contribution in [0.5, 0.6) is 0 Å². The summed E-state index contributed by atoms with van der Waals surface area (Å²) in [6, 6.07) is 0.332. The van der Waals surface area contributed by atoms with Crippen molar-refractivity contribution in [2.75, 3.05) is 19.7 Å². The highest BCUT2D eigenvalue weighted by molar-refractivity contribution is 5.72. The molecule has 4 nitrogen and oxygen atoms in total. The van der Waals surface area contributed by atoms with Crippen LogP contribution in [0.1, 0.15) is 39.0 Å². The van der Waals surface area contributed by atoms with E-state index in [-0.39, 0.29) is 18.0 Å². The molecule has 4 heteroatoms. The van der Waals surface area contributed by atoms with Crippen LogP contribution in [0.25, 0.3) is 0 Å². The van der Waals surface area contributed by atoms with Gasteiger partial charge in [0.1, 0.15) is 0 Å². The molecule has 17 heavy (non-hydrogen) atoms. The van der Waals surface area contributed by atoms with Gasteiger partial charge in [-0.05, 0) is 52.1 Å². The first-order valence-electron chi connectivity index (χ1n) is 6.81. The number of carbonyl (C=O) groups is 1. The highest BCUT2D eigenvalue weighted by atomic mass is 16.5. The predicted molar refractivity (Wildman–Crippen MR) is 64.6 cm³/mol. The van der Waals surface area contributed by atoms with E-state index in [4.69, 9.17) is 4.74 Å². The normalized spacial score (nSPS) is 31.6. The lowest BCUT2D eigenvalue weighted by atomic mass is 9.95. The second kappa shape index (κ2) is 5.83. The number of rotatable bonds is 3. The molecule has 2 fully saturated rings. The molecule has 0 aromatic heterocycles. The van der Waals surface area contributed by atoms with Gasteiger partial charge in [-0.15, -0.1) is 0 Å². The van der Waals surface area contributed by atoms with Crippen LogP contribution in [-0.4, -0.2) is 47.8 Å². The van der Waals surface area contributed by atoms with Crippen molar-refractivity contribution in [1.82, 2.24) is 4.90 Å². The maximum Gasteiger partial charge on any atom is 0.309 e. The molecule has 1 saturated carbocycles. The Kier molecular flexibility index (Phi) is 4.40. The van der Waals surface area contributed by atoms with Crippen molar-refractivity contribution in [1.29, 1.82) is 0 Å². The quantitative estimate of drug-likeness (QED) is 0.754. The van der Waals surface area contributed by atoms with Gasteiger partial charge in [-0.2, -0.15) is 0 Å². The van der Waals surface area contributed by atoms with Crippen molar-refractivity contribution >= 4 is 5.97 Å². The minimum absolute atomic E-state index is 0.0425. The van der Waals surface area contributed by atoms with E-state index < -0.39 is 0 Å². The lowest BCUT2D eigenvalue weighted by Gasteiger charge is -2.36. The molecule has 1 N–H and O–H groups in total. The summed E-state index contributed by atoms with van der Waals surface area (Å²) in [6.45, 7) is 4.17. The summed E-state index contributed by atoms with van der Waals surface area (Å²) in [5.41, 5.74) is 0. The molecule has 0 bridgehead atoms. The van der Waals surface area contributed by atoms with Crippen LogP contribution in [0.4, 0.5) is 0 Å². The molecule has 0 aromatic carbocycles. The van der Waals surface area contributed by atoms with Crippen molar-refractivity contribution < 1.29 is 14.6 Å². The van der Waals surface area contributed by atoms with Gasteiger partial charge in [-0.25, -0.2) is 0 Å². The average molecular weight is 241 g/mol. The van der Waals surface area contributed by atoms with Crippen LogP contribution < -0.4 is 0 Å². The first-order chi connectivity index (χ1) is 8.22. The third-order valence-electron chi connectivity index (χ3n) is 4.06. The Labute approximate surface area is 103 Å². The second-order valence-electron chi connectivity index (χ2n) is 5.13. The van der Waals surface area contributed by atoms with Crippen LogP contribution in [0.15, 0.2) is 0 Å². The Hall–Kier alpha value is -0.610. The van der Waals surface area contributed by atoms with Crippen molar-refractivity contribution in [3.8, 4) is 0 Å². The first-order valence-corrected chi connectivity index (χ1v) is 6.81. The summed E-state index contributed by atoms with van der Waals surface area (Å²) in [4.78, 5) is 14.0. The molecule has 0 amide bonds. The van der Waals surface area contributed by atoms with Gasteiger partial charge in [-0.3, -0.25) is 9.69 Å². The van der Waals surface area contributed by atoms with Gasteiger partial charge in [0.15, 0.2) is 0 Å². The van der Waals surface area contributed by atoms with E-state index in [1.807, 2.05) is 6.92 Å². The van der Waals surface area contributed by atoms with Crippen LogP contribution in [0.2, 0.25) is 0 Å². The highest BCUT2D eigenvalue weighted by Crippen LogP contribution is 2.28. The number of hydrogen-bond donors (Lipinski definition) is 1.